The molecular formula is C24H23N7O2. The minimum atomic E-state index is -0.515. The van der Waals surface area contributed by atoms with Crippen molar-refractivity contribution in [2.75, 3.05) is 6.54 Å². The largest absolute Gasteiger partial charge is 0.337 e. The van der Waals surface area contributed by atoms with E-state index in [0.717, 1.165) is 30.1 Å². The highest BCUT2D eigenvalue weighted by molar-refractivity contribution is 6.00. The molecule has 1 saturated heterocycles. The number of amides is 3. The topological polar surface area (TPSA) is 106 Å². The highest BCUT2D eigenvalue weighted by Gasteiger charge is 2.42. The van der Waals surface area contributed by atoms with Gasteiger partial charge in [0.1, 0.15) is 0 Å². The molecule has 33 heavy (non-hydrogen) atoms. The van der Waals surface area contributed by atoms with Gasteiger partial charge in [0, 0.05) is 36.4 Å². The van der Waals surface area contributed by atoms with Crippen LogP contribution < -0.4 is 10.6 Å². The molecule has 3 aromatic heterocycles. The summed E-state index contributed by atoms with van der Waals surface area (Å²) in [6, 6.07) is 8.23. The van der Waals surface area contributed by atoms with E-state index in [-0.39, 0.29) is 12.5 Å². The van der Waals surface area contributed by atoms with Crippen LogP contribution in [0.3, 0.4) is 0 Å². The van der Waals surface area contributed by atoms with Crippen molar-refractivity contribution < 1.29 is 9.59 Å². The second-order valence-corrected chi connectivity index (χ2v) is 9.51. The zero-order valence-corrected chi connectivity index (χ0v) is 17.9. The zero-order chi connectivity index (χ0) is 22.1. The zero-order valence-electron chi connectivity index (χ0n) is 17.9. The summed E-state index contributed by atoms with van der Waals surface area (Å²) in [5.41, 5.74) is 5.10. The van der Waals surface area contributed by atoms with Crippen molar-refractivity contribution in [1.82, 2.24) is 35.0 Å². The van der Waals surface area contributed by atoms with E-state index in [0.29, 0.717) is 17.5 Å². The standard InChI is InChI=1S/C24H23N7O2/c32-23-19(11-26-24(33)28-23)20-9-18(22-25-5-6-30(22)29-20)17-8-16(17)14-3-4-15-10-27-31(21(15)7-14)12-13-1-2-13/h3-7,9-10,13,16-17,19H,1-2,8,11-12H2,(H2,26,28,32,33)/t16-,17+,19?/m1/s1. The molecule has 3 atom stereocenters. The van der Waals surface area contributed by atoms with Crippen molar-refractivity contribution in [3.05, 3.63) is 59.7 Å². The first kappa shape index (κ1) is 18.8. The maximum Gasteiger partial charge on any atom is 0.321 e. The molecule has 4 heterocycles. The summed E-state index contributed by atoms with van der Waals surface area (Å²) in [4.78, 5) is 28.4. The Hall–Kier alpha value is -3.75. The number of benzene rings is 1. The minimum absolute atomic E-state index is 0.243. The Balaban J connectivity index is 1.22. The number of hydrogen-bond acceptors (Lipinski definition) is 5. The average molecular weight is 441 g/mol. The molecular weight excluding hydrogens is 418 g/mol. The number of imide groups is 1. The van der Waals surface area contributed by atoms with Crippen LogP contribution in [-0.2, 0) is 11.3 Å². The molecule has 2 saturated carbocycles. The number of carbonyl (C=O) groups excluding carboxylic acids is 2. The molecule has 3 aliphatic rings. The molecule has 1 aromatic carbocycles. The van der Waals surface area contributed by atoms with E-state index in [2.05, 4.69) is 48.7 Å². The number of urea groups is 1. The predicted molar refractivity (Wildman–Crippen MR) is 120 cm³/mol. The summed E-state index contributed by atoms with van der Waals surface area (Å²) in [6.07, 6.45) is 9.14. The maximum absolute atomic E-state index is 12.4. The molecule has 1 unspecified atom stereocenters. The van der Waals surface area contributed by atoms with Gasteiger partial charge >= 0.3 is 6.03 Å². The molecule has 7 rings (SSSR count). The van der Waals surface area contributed by atoms with Gasteiger partial charge in [-0.25, -0.2) is 14.3 Å². The normalized spacial score (nSPS) is 24.8. The smallest absolute Gasteiger partial charge is 0.321 e. The van der Waals surface area contributed by atoms with Gasteiger partial charge in [-0.1, -0.05) is 12.1 Å². The number of hydrogen-bond donors (Lipinski definition) is 2. The summed E-state index contributed by atoms with van der Waals surface area (Å²) in [5.74, 6) is 0.651. The molecule has 1 aliphatic heterocycles. The van der Waals surface area contributed by atoms with Gasteiger partial charge in [0.05, 0.1) is 23.3 Å². The number of carbonyl (C=O) groups is 2. The summed E-state index contributed by atoms with van der Waals surface area (Å²) in [5, 5.41) is 15.4. The molecule has 0 spiro atoms. The molecule has 9 heteroatoms. The van der Waals surface area contributed by atoms with Crippen LogP contribution in [0.2, 0.25) is 0 Å². The van der Waals surface area contributed by atoms with E-state index in [1.165, 1.54) is 29.3 Å². The molecule has 0 radical (unpaired) electrons. The van der Waals surface area contributed by atoms with E-state index in [1.54, 1.807) is 10.7 Å². The van der Waals surface area contributed by atoms with Crippen LogP contribution in [0, 0.1) is 5.92 Å². The van der Waals surface area contributed by atoms with Crippen molar-refractivity contribution >= 4 is 28.5 Å². The Bertz CT molecular complexity index is 1430. The third-order valence-corrected chi connectivity index (χ3v) is 7.20. The number of nitrogens with zero attached hydrogens (tertiary/aromatic N) is 5. The monoisotopic (exact) mass is 441 g/mol. The Morgan fingerprint density at radius 2 is 2.03 bits per heavy atom. The maximum atomic E-state index is 12.4. The van der Waals surface area contributed by atoms with E-state index in [1.807, 2.05) is 18.5 Å². The molecule has 9 nitrogen and oxygen atoms in total. The third-order valence-electron chi connectivity index (χ3n) is 7.20. The summed E-state index contributed by atoms with van der Waals surface area (Å²) >= 11 is 0. The Morgan fingerprint density at radius 3 is 2.88 bits per heavy atom. The first-order chi connectivity index (χ1) is 16.1. The lowest BCUT2D eigenvalue weighted by molar-refractivity contribution is -0.122. The van der Waals surface area contributed by atoms with Gasteiger partial charge in [0.15, 0.2) is 5.65 Å². The van der Waals surface area contributed by atoms with E-state index >= 15 is 0 Å². The Morgan fingerprint density at radius 1 is 1.12 bits per heavy atom. The predicted octanol–water partition coefficient (Wildman–Crippen LogP) is 2.68. The summed E-state index contributed by atoms with van der Waals surface area (Å²) in [7, 11) is 0. The SMILES string of the molecule is O=C1NCC(c2cc([C@H]3C[C@@H]3c3ccc4cnn(CC5CC5)c4c3)c3nccn3n2)C(=O)N1. The fourth-order valence-corrected chi connectivity index (χ4v) is 5.09. The van der Waals surface area contributed by atoms with Gasteiger partial charge in [0.2, 0.25) is 5.91 Å². The second-order valence-electron chi connectivity index (χ2n) is 9.51. The fraction of sp³-hybridized carbons (Fsp3) is 0.375. The first-order valence-electron chi connectivity index (χ1n) is 11.5. The lowest BCUT2D eigenvalue weighted by atomic mass is 9.99. The number of fused-ring (bicyclic) bond motifs is 2. The van der Waals surface area contributed by atoms with Crippen LogP contribution in [-0.4, -0.2) is 42.9 Å². The van der Waals surface area contributed by atoms with Crippen molar-refractivity contribution in [3.63, 3.8) is 0 Å². The molecule has 2 aliphatic carbocycles. The quantitative estimate of drug-likeness (QED) is 0.495. The third kappa shape index (κ3) is 3.18. The number of imidazole rings is 1. The number of aromatic nitrogens is 5. The van der Waals surface area contributed by atoms with Crippen molar-refractivity contribution in [2.24, 2.45) is 5.92 Å². The lowest BCUT2D eigenvalue weighted by Crippen LogP contribution is -2.51. The van der Waals surface area contributed by atoms with Crippen molar-refractivity contribution in [2.45, 2.75) is 43.6 Å². The molecule has 4 aromatic rings. The average Bonchev–Trinajstić information content (AvgIpc) is 3.71. The Labute approximate surface area is 189 Å². The van der Waals surface area contributed by atoms with E-state index < -0.39 is 11.9 Å². The van der Waals surface area contributed by atoms with Crippen molar-refractivity contribution in [1.29, 1.82) is 0 Å². The van der Waals surface area contributed by atoms with Gasteiger partial charge in [-0.3, -0.25) is 14.8 Å². The molecule has 0 bridgehead atoms. The highest BCUT2D eigenvalue weighted by Crippen LogP contribution is 2.56. The molecule has 3 fully saturated rings. The Kier molecular flexibility index (Phi) is 3.91. The van der Waals surface area contributed by atoms with Gasteiger partial charge < -0.3 is 5.32 Å². The van der Waals surface area contributed by atoms with Crippen LogP contribution in [0.25, 0.3) is 16.6 Å². The van der Waals surface area contributed by atoms with Crippen LogP contribution in [0.4, 0.5) is 4.79 Å². The first-order valence-corrected chi connectivity index (χ1v) is 11.5. The van der Waals surface area contributed by atoms with E-state index in [4.69, 9.17) is 0 Å². The molecule has 2 N–H and O–H groups in total. The van der Waals surface area contributed by atoms with E-state index in [9.17, 15) is 9.59 Å². The minimum Gasteiger partial charge on any atom is -0.337 e. The van der Waals surface area contributed by atoms with Crippen LogP contribution >= 0.6 is 0 Å². The summed E-state index contributed by atoms with van der Waals surface area (Å²) < 4.78 is 3.90. The highest BCUT2D eigenvalue weighted by atomic mass is 16.2. The fourth-order valence-electron chi connectivity index (χ4n) is 5.09. The van der Waals surface area contributed by atoms with Gasteiger partial charge in [-0.2, -0.15) is 10.2 Å². The van der Waals surface area contributed by atoms with Crippen LogP contribution in [0.1, 0.15) is 53.8 Å². The second kappa shape index (κ2) is 6.87. The van der Waals surface area contributed by atoms with Crippen molar-refractivity contribution in [3.8, 4) is 0 Å². The van der Waals surface area contributed by atoms with Gasteiger partial charge in [-0.15, -0.1) is 0 Å². The lowest BCUT2D eigenvalue weighted by Gasteiger charge is -2.22. The molecule has 3 amide bonds. The van der Waals surface area contributed by atoms with Crippen LogP contribution in [0.15, 0.2) is 42.9 Å². The molecule has 166 valence electrons. The van der Waals surface area contributed by atoms with Crippen LogP contribution in [0.5, 0.6) is 0 Å². The van der Waals surface area contributed by atoms with Gasteiger partial charge in [0.25, 0.3) is 0 Å². The number of rotatable bonds is 5. The number of nitrogens with one attached hydrogen (secondary N) is 2. The van der Waals surface area contributed by atoms with Gasteiger partial charge in [-0.05, 0) is 54.7 Å². The summed E-state index contributed by atoms with van der Waals surface area (Å²) in [6.45, 7) is 1.25.